The first-order valence-corrected chi connectivity index (χ1v) is 5.05. The van der Waals surface area contributed by atoms with Crippen molar-refractivity contribution in [1.82, 2.24) is 4.98 Å². The molecule has 5 heteroatoms. The zero-order valence-corrected chi connectivity index (χ0v) is 9.50. The molecule has 0 amide bonds. The van der Waals surface area contributed by atoms with Crippen LogP contribution >= 0.6 is 0 Å². The van der Waals surface area contributed by atoms with E-state index < -0.39 is 11.7 Å². The number of ether oxygens (including phenoxy) is 2. The number of nitrogens with zero attached hydrogens (tertiary/aromatic N) is 1. The standard InChI is InChI=1S/C11H14FNO3/c1-6-9(14)7-4-15-11(2,3)16-5-8(7)10(12)13-6/h14H,4-5H2,1-3H3. The molecule has 2 heterocycles. The Labute approximate surface area is 93.0 Å². The highest BCUT2D eigenvalue weighted by Crippen LogP contribution is 2.32. The van der Waals surface area contributed by atoms with Gasteiger partial charge in [-0.25, -0.2) is 4.98 Å². The fourth-order valence-electron chi connectivity index (χ4n) is 1.59. The molecule has 1 aromatic heterocycles. The Morgan fingerprint density at radius 3 is 2.44 bits per heavy atom. The van der Waals surface area contributed by atoms with Crippen LogP contribution in [0.1, 0.15) is 30.7 Å². The van der Waals surface area contributed by atoms with Gasteiger partial charge in [-0.3, -0.25) is 0 Å². The first kappa shape index (κ1) is 11.3. The van der Waals surface area contributed by atoms with Crippen molar-refractivity contribution in [1.29, 1.82) is 0 Å². The van der Waals surface area contributed by atoms with Crippen molar-refractivity contribution < 1.29 is 19.0 Å². The highest BCUT2D eigenvalue weighted by atomic mass is 19.1. The number of fused-ring (bicyclic) bond motifs is 1. The summed E-state index contributed by atoms with van der Waals surface area (Å²) < 4.78 is 24.4. The maximum atomic E-state index is 13.6. The van der Waals surface area contributed by atoms with Crippen molar-refractivity contribution in [2.75, 3.05) is 0 Å². The van der Waals surface area contributed by atoms with Gasteiger partial charge in [-0.15, -0.1) is 0 Å². The average Bonchev–Trinajstić information content (AvgIpc) is 2.34. The Kier molecular flexibility index (Phi) is 2.59. The molecule has 1 aliphatic heterocycles. The minimum Gasteiger partial charge on any atom is -0.506 e. The van der Waals surface area contributed by atoms with Crippen LogP contribution < -0.4 is 0 Å². The highest BCUT2D eigenvalue weighted by molar-refractivity contribution is 5.41. The largest absolute Gasteiger partial charge is 0.506 e. The zero-order chi connectivity index (χ0) is 11.9. The first-order valence-electron chi connectivity index (χ1n) is 5.05. The van der Waals surface area contributed by atoms with E-state index in [0.717, 1.165) is 0 Å². The molecule has 1 aliphatic rings. The maximum Gasteiger partial charge on any atom is 0.219 e. The number of aryl methyl sites for hydroxylation is 1. The minimum absolute atomic E-state index is 0.0160. The van der Waals surface area contributed by atoms with E-state index in [0.29, 0.717) is 5.56 Å². The molecular weight excluding hydrogens is 213 g/mol. The molecule has 16 heavy (non-hydrogen) atoms. The number of pyridine rings is 1. The summed E-state index contributed by atoms with van der Waals surface area (Å²) in [6.45, 7) is 5.21. The normalized spacial score (nSPS) is 19.0. The Morgan fingerprint density at radius 1 is 1.25 bits per heavy atom. The van der Waals surface area contributed by atoms with Crippen LogP contribution in [-0.2, 0) is 22.7 Å². The van der Waals surface area contributed by atoms with Crippen LogP contribution in [0.5, 0.6) is 5.75 Å². The van der Waals surface area contributed by atoms with Crippen LogP contribution in [0.15, 0.2) is 0 Å². The van der Waals surface area contributed by atoms with E-state index in [1.54, 1.807) is 20.8 Å². The Bertz CT molecular complexity index is 432. The van der Waals surface area contributed by atoms with Crippen molar-refractivity contribution in [3.63, 3.8) is 0 Å². The molecule has 0 bridgehead atoms. The molecule has 0 atom stereocenters. The number of aromatic hydroxyl groups is 1. The lowest BCUT2D eigenvalue weighted by Crippen LogP contribution is -2.25. The third-order valence-electron chi connectivity index (χ3n) is 2.64. The van der Waals surface area contributed by atoms with Crippen molar-refractivity contribution in [2.45, 2.75) is 39.8 Å². The molecule has 0 radical (unpaired) electrons. The van der Waals surface area contributed by atoms with E-state index in [9.17, 15) is 9.50 Å². The lowest BCUT2D eigenvalue weighted by atomic mass is 10.1. The molecule has 0 unspecified atom stereocenters. The van der Waals surface area contributed by atoms with Crippen molar-refractivity contribution in [3.05, 3.63) is 22.8 Å². The molecule has 0 spiro atoms. The van der Waals surface area contributed by atoms with Crippen LogP contribution in [0.2, 0.25) is 0 Å². The summed E-state index contributed by atoms with van der Waals surface area (Å²) in [5.74, 6) is -1.41. The Hall–Kier alpha value is -1.20. The van der Waals surface area contributed by atoms with Crippen LogP contribution in [0, 0.1) is 12.9 Å². The average molecular weight is 227 g/mol. The summed E-state index contributed by atoms with van der Waals surface area (Å²) in [5, 5.41) is 9.80. The van der Waals surface area contributed by atoms with Crippen molar-refractivity contribution in [2.24, 2.45) is 0 Å². The van der Waals surface area contributed by atoms with E-state index >= 15 is 0 Å². The number of aromatic nitrogens is 1. The maximum absolute atomic E-state index is 13.6. The van der Waals surface area contributed by atoms with Gasteiger partial charge in [0.2, 0.25) is 5.95 Å². The van der Waals surface area contributed by atoms with Gasteiger partial charge in [0.25, 0.3) is 0 Å². The van der Waals surface area contributed by atoms with E-state index in [1.807, 2.05) is 0 Å². The van der Waals surface area contributed by atoms with Gasteiger partial charge >= 0.3 is 0 Å². The highest BCUT2D eigenvalue weighted by Gasteiger charge is 2.28. The monoisotopic (exact) mass is 227 g/mol. The molecule has 1 aromatic rings. The van der Waals surface area contributed by atoms with Crippen LogP contribution in [0.25, 0.3) is 0 Å². The van der Waals surface area contributed by atoms with E-state index in [-0.39, 0.29) is 30.2 Å². The summed E-state index contributed by atoms with van der Waals surface area (Å²) >= 11 is 0. The lowest BCUT2D eigenvalue weighted by molar-refractivity contribution is -0.219. The molecule has 0 fully saturated rings. The first-order chi connectivity index (χ1) is 7.41. The summed E-state index contributed by atoms with van der Waals surface area (Å²) in [5.41, 5.74) is 0.962. The Morgan fingerprint density at radius 2 is 1.81 bits per heavy atom. The number of halogens is 1. The van der Waals surface area contributed by atoms with Gasteiger partial charge in [0, 0.05) is 11.1 Å². The van der Waals surface area contributed by atoms with Crippen molar-refractivity contribution >= 4 is 0 Å². The molecule has 4 nitrogen and oxygen atoms in total. The van der Waals surface area contributed by atoms with E-state index in [4.69, 9.17) is 9.47 Å². The smallest absolute Gasteiger partial charge is 0.219 e. The second-order valence-corrected chi connectivity index (χ2v) is 4.27. The van der Waals surface area contributed by atoms with Gasteiger partial charge in [-0.05, 0) is 20.8 Å². The van der Waals surface area contributed by atoms with Gasteiger partial charge in [0.05, 0.1) is 18.9 Å². The summed E-state index contributed by atoms with van der Waals surface area (Å²) in [6.07, 6.45) is 0. The molecular formula is C11H14FNO3. The van der Waals surface area contributed by atoms with Gasteiger partial charge < -0.3 is 14.6 Å². The Balaban J connectivity index is 2.49. The predicted molar refractivity (Wildman–Crippen MR) is 54.3 cm³/mol. The van der Waals surface area contributed by atoms with Gasteiger partial charge in [0.15, 0.2) is 5.79 Å². The molecule has 88 valence electrons. The molecule has 0 saturated heterocycles. The van der Waals surface area contributed by atoms with E-state index in [1.165, 1.54) is 0 Å². The second-order valence-electron chi connectivity index (χ2n) is 4.27. The second kappa shape index (κ2) is 3.68. The molecule has 0 saturated carbocycles. The minimum atomic E-state index is -0.786. The van der Waals surface area contributed by atoms with Crippen molar-refractivity contribution in [3.8, 4) is 5.75 Å². The van der Waals surface area contributed by atoms with Gasteiger partial charge in [-0.2, -0.15) is 4.39 Å². The predicted octanol–water partition coefficient (Wildman–Crippen LogP) is 2.02. The molecule has 0 aliphatic carbocycles. The van der Waals surface area contributed by atoms with Crippen LogP contribution in [-0.4, -0.2) is 15.9 Å². The lowest BCUT2D eigenvalue weighted by Gasteiger charge is -2.22. The molecule has 0 aromatic carbocycles. The molecule has 1 N–H and O–H groups in total. The fourth-order valence-corrected chi connectivity index (χ4v) is 1.59. The topological polar surface area (TPSA) is 51.6 Å². The summed E-state index contributed by atoms with van der Waals surface area (Å²) in [6, 6.07) is 0. The number of rotatable bonds is 0. The van der Waals surface area contributed by atoms with Gasteiger partial charge in [-0.1, -0.05) is 0 Å². The zero-order valence-electron chi connectivity index (χ0n) is 9.50. The quantitative estimate of drug-likeness (QED) is 0.689. The van der Waals surface area contributed by atoms with Crippen LogP contribution in [0.4, 0.5) is 4.39 Å². The SMILES string of the molecule is Cc1nc(F)c2c(c1O)COC(C)(C)OC2. The summed E-state index contributed by atoms with van der Waals surface area (Å²) in [4.78, 5) is 3.62. The number of hydrogen-bond donors (Lipinski definition) is 1. The summed E-state index contributed by atoms with van der Waals surface area (Å²) in [7, 11) is 0. The van der Waals surface area contributed by atoms with Crippen LogP contribution in [0.3, 0.4) is 0 Å². The molecule has 2 rings (SSSR count). The van der Waals surface area contributed by atoms with E-state index in [2.05, 4.69) is 4.98 Å². The fraction of sp³-hybridized carbons (Fsp3) is 0.545. The number of hydrogen-bond acceptors (Lipinski definition) is 4. The van der Waals surface area contributed by atoms with Gasteiger partial charge in [0.1, 0.15) is 5.75 Å². The third kappa shape index (κ3) is 1.88. The third-order valence-corrected chi connectivity index (χ3v) is 2.64.